The summed E-state index contributed by atoms with van der Waals surface area (Å²) in [5, 5.41) is 9.35. The van der Waals surface area contributed by atoms with Crippen molar-refractivity contribution in [3.05, 3.63) is 70.5 Å². The molecular formula is C17H13Cl2N3O2. The molecule has 3 rings (SSSR count). The minimum absolute atomic E-state index is 0.210. The van der Waals surface area contributed by atoms with Crippen LogP contribution < -0.4 is 4.74 Å². The molecule has 0 atom stereocenters. The number of aromatic nitrogens is 3. The van der Waals surface area contributed by atoms with Crippen LogP contribution in [0.1, 0.15) is 12.1 Å². The first-order valence-electron chi connectivity index (χ1n) is 7.23. The lowest BCUT2D eigenvalue weighted by atomic mass is 10.2. The van der Waals surface area contributed by atoms with E-state index >= 15 is 0 Å². The van der Waals surface area contributed by atoms with E-state index in [1.165, 1.54) is 0 Å². The molecule has 0 N–H and O–H groups in total. The van der Waals surface area contributed by atoms with E-state index in [1.807, 2.05) is 12.1 Å². The molecule has 122 valence electrons. The highest BCUT2D eigenvalue weighted by atomic mass is 35.5. The summed E-state index contributed by atoms with van der Waals surface area (Å²) in [5.41, 5.74) is 1.56. The zero-order valence-electron chi connectivity index (χ0n) is 12.5. The summed E-state index contributed by atoms with van der Waals surface area (Å²) in [7, 11) is 0. The highest BCUT2D eigenvalue weighted by Crippen LogP contribution is 2.16. The normalized spacial score (nSPS) is 10.6. The fourth-order valence-electron chi connectivity index (χ4n) is 2.05. The second kappa shape index (κ2) is 7.47. The Kier molecular flexibility index (Phi) is 5.13. The maximum Gasteiger partial charge on any atom is 0.311 e. The number of rotatable bonds is 5. The average molecular weight is 362 g/mol. The molecule has 0 fully saturated rings. The molecule has 0 spiro atoms. The van der Waals surface area contributed by atoms with Gasteiger partial charge in [0.2, 0.25) is 0 Å². The largest absolute Gasteiger partial charge is 0.427 e. The second-order valence-corrected chi connectivity index (χ2v) is 5.93. The van der Waals surface area contributed by atoms with Crippen LogP contribution in [0.15, 0.2) is 54.7 Å². The number of hydrogen-bond acceptors (Lipinski definition) is 4. The topological polar surface area (TPSA) is 57.0 Å². The molecule has 2 aromatic carbocycles. The molecular weight excluding hydrogens is 349 g/mol. The van der Waals surface area contributed by atoms with Crippen LogP contribution in [0.5, 0.6) is 5.75 Å². The lowest BCUT2D eigenvalue weighted by Crippen LogP contribution is -2.09. The van der Waals surface area contributed by atoms with Gasteiger partial charge in [0, 0.05) is 16.5 Å². The van der Waals surface area contributed by atoms with E-state index < -0.39 is 0 Å². The van der Waals surface area contributed by atoms with Gasteiger partial charge in [-0.2, -0.15) is 0 Å². The lowest BCUT2D eigenvalue weighted by Gasteiger charge is -2.03. The molecule has 3 aromatic rings. The zero-order valence-corrected chi connectivity index (χ0v) is 14.0. The monoisotopic (exact) mass is 361 g/mol. The highest BCUT2D eigenvalue weighted by Gasteiger charge is 2.09. The Balaban J connectivity index is 1.56. The molecule has 0 bridgehead atoms. The minimum Gasteiger partial charge on any atom is -0.427 e. The number of nitrogens with zero attached hydrogens (tertiary/aromatic N) is 3. The molecule has 7 heteroatoms. The van der Waals surface area contributed by atoms with Gasteiger partial charge in [-0.3, -0.25) is 4.79 Å². The maximum absolute atomic E-state index is 11.9. The van der Waals surface area contributed by atoms with Crippen molar-refractivity contribution >= 4 is 29.2 Å². The van der Waals surface area contributed by atoms with Crippen molar-refractivity contribution in [1.82, 2.24) is 15.0 Å². The highest BCUT2D eigenvalue weighted by molar-refractivity contribution is 6.30. The van der Waals surface area contributed by atoms with Gasteiger partial charge in [0.1, 0.15) is 5.75 Å². The smallest absolute Gasteiger partial charge is 0.311 e. The maximum atomic E-state index is 11.9. The third-order valence-electron chi connectivity index (χ3n) is 3.26. The number of esters is 1. The summed E-state index contributed by atoms with van der Waals surface area (Å²) in [6.45, 7) is 0. The van der Waals surface area contributed by atoms with Gasteiger partial charge < -0.3 is 4.74 Å². The van der Waals surface area contributed by atoms with Crippen LogP contribution in [0.3, 0.4) is 0 Å². The molecule has 0 aliphatic rings. The van der Waals surface area contributed by atoms with Gasteiger partial charge in [0.25, 0.3) is 0 Å². The van der Waals surface area contributed by atoms with E-state index in [9.17, 15) is 4.79 Å². The fraction of sp³-hybridized carbons (Fsp3) is 0.118. The zero-order chi connectivity index (χ0) is 16.9. The number of carbonyl (C=O) groups is 1. The van der Waals surface area contributed by atoms with Crippen LogP contribution >= 0.6 is 23.2 Å². The molecule has 5 nitrogen and oxygen atoms in total. The molecule has 0 aliphatic carbocycles. The average Bonchev–Trinajstić information content (AvgIpc) is 3.05. The van der Waals surface area contributed by atoms with Crippen molar-refractivity contribution < 1.29 is 9.53 Å². The number of aryl methyl sites for hydroxylation is 1. The van der Waals surface area contributed by atoms with Gasteiger partial charge in [-0.1, -0.05) is 28.4 Å². The first kappa shape index (κ1) is 16.5. The van der Waals surface area contributed by atoms with Gasteiger partial charge in [0.15, 0.2) is 0 Å². The predicted molar refractivity (Wildman–Crippen MR) is 91.8 cm³/mol. The van der Waals surface area contributed by atoms with Gasteiger partial charge in [-0.15, -0.1) is 5.10 Å². The van der Waals surface area contributed by atoms with Gasteiger partial charge in [0.05, 0.1) is 24.0 Å². The van der Waals surface area contributed by atoms with Crippen molar-refractivity contribution in [3.8, 4) is 11.4 Å². The Morgan fingerprint density at radius 1 is 1.00 bits per heavy atom. The number of halogens is 2. The Labute approximate surface area is 148 Å². The summed E-state index contributed by atoms with van der Waals surface area (Å²) in [5.74, 6) is 0.132. The standard InChI is InChI=1S/C17H13Cl2N3O2/c18-12-1-6-15(7-2-12)22-11-14(20-21-22)5-10-17(23)24-16-8-3-13(19)4-9-16/h1-4,6-9,11H,5,10H2. The number of ether oxygens (including phenoxy) is 1. The summed E-state index contributed by atoms with van der Waals surface area (Å²) < 4.78 is 6.86. The molecule has 0 unspecified atom stereocenters. The van der Waals surface area contributed by atoms with E-state index in [-0.39, 0.29) is 12.4 Å². The molecule has 0 radical (unpaired) electrons. The van der Waals surface area contributed by atoms with Crippen LogP contribution in [0.4, 0.5) is 0 Å². The Hall–Kier alpha value is -2.37. The van der Waals surface area contributed by atoms with Gasteiger partial charge in [-0.25, -0.2) is 4.68 Å². The van der Waals surface area contributed by atoms with E-state index in [4.69, 9.17) is 27.9 Å². The van der Waals surface area contributed by atoms with Crippen LogP contribution in [0.2, 0.25) is 10.0 Å². The first-order chi connectivity index (χ1) is 11.6. The Morgan fingerprint density at radius 3 is 2.29 bits per heavy atom. The van der Waals surface area contributed by atoms with E-state index in [0.29, 0.717) is 27.9 Å². The third-order valence-corrected chi connectivity index (χ3v) is 3.77. The Morgan fingerprint density at radius 2 is 1.62 bits per heavy atom. The van der Waals surface area contributed by atoms with E-state index in [1.54, 1.807) is 47.3 Å². The van der Waals surface area contributed by atoms with Gasteiger partial charge >= 0.3 is 5.97 Å². The first-order valence-corrected chi connectivity index (χ1v) is 7.99. The van der Waals surface area contributed by atoms with Crippen LogP contribution in [0.25, 0.3) is 5.69 Å². The van der Waals surface area contributed by atoms with Crippen molar-refractivity contribution in [3.63, 3.8) is 0 Å². The second-order valence-electron chi connectivity index (χ2n) is 5.06. The Bertz CT molecular complexity index is 830. The van der Waals surface area contributed by atoms with Crippen molar-refractivity contribution in [2.45, 2.75) is 12.8 Å². The molecule has 1 aromatic heterocycles. The van der Waals surface area contributed by atoms with Crippen molar-refractivity contribution in [2.75, 3.05) is 0 Å². The third kappa shape index (κ3) is 4.34. The summed E-state index contributed by atoms with van der Waals surface area (Å²) in [4.78, 5) is 11.9. The summed E-state index contributed by atoms with van der Waals surface area (Å²) >= 11 is 11.6. The summed E-state index contributed by atoms with van der Waals surface area (Å²) in [6.07, 6.45) is 2.43. The van der Waals surface area contributed by atoms with Gasteiger partial charge in [-0.05, 0) is 48.5 Å². The molecule has 1 heterocycles. The number of hydrogen-bond donors (Lipinski definition) is 0. The van der Waals surface area contributed by atoms with Crippen molar-refractivity contribution in [1.29, 1.82) is 0 Å². The van der Waals surface area contributed by atoms with Crippen LogP contribution in [-0.4, -0.2) is 21.0 Å². The van der Waals surface area contributed by atoms with E-state index in [0.717, 1.165) is 5.69 Å². The summed E-state index contributed by atoms with van der Waals surface area (Å²) in [6, 6.07) is 13.9. The molecule has 0 aliphatic heterocycles. The minimum atomic E-state index is -0.335. The molecule has 0 saturated carbocycles. The molecule has 0 saturated heterocycles. The lowest BCUT2D eigenvalue weighted by molar-refractivity contribution is -0.134. The van der Waals surface area contributed by atoms with E-state index in [2.05, 4.69) is 10.3 Å². The molecule has 24 heavy (non-hydrogen) atoms. The van der Waals surface area contributed by atoms with Crippen molar-refractivity contribution in [2.24, 2.45) is 0 Å². The van der Waals surface area contributed by atoms with Crippen LogP contribution in [-0.2, 0) is 11.2 Å². The SMILES string of the molecule is O=C(CCc1cn(-c2ccc(Cl)cc2)nn1)Oc1ccc(Cl)cc1. The number of benzene rings is 2. The molecule has 0 amide bonds. The fourth-order valence-corrected chi connectivity index (χ4v) is 2.30. The quantitative estimate of drug-likeness (QED) is 0.506. The van der Waals surface area contributed by atoms with Crippen LogP contribution in [0, 0.1) is 0 Å². The number of carbonyl (C=O) groups excluding carboxylic acids is 1. The predicted octanol–water partition coefficient (Wildman–Crippen LogP) is 4.11.